The molecule has 0 aliphatic heterocycles. The summed E-state index contributed by atoms with van der Waals surface area (Å²) in [5.41, 5.74) is 1.44. The van der Waals surface area contributed by atoms with Crippen molar-refractivity contribution < 1.29 is 18.3 Å². The molecule has 0 saturated carbocycles. The molecule has 2 aromatic heterocycles. The van der Waals surface area contributed by atoms with E-state index in [0.717, 1.165) is 22.2 Å². The minimum Gasteiger partial charge on any atom is -0.480 e. The Bertz CT molecular complexity index is 1030. The highest BCUT2D eigenvalue weighted by atomic mass is 79.9. The molecule has 132 valence electrons. The van der Waals surface area contributed by atoms with Crippen LogP contribution in [0.25, 0.3) is 10.9 Å². The van der Waals surface area contributed by atoms with Crippen LogP contribution < -0.4 is 4.72 Å². The SMILES string of the molecule is O=C(O)[C@H](NS(=O)(=O)c1ccc(Br)s1)[C@@H](S)c1c[nH]c2ccccc12. The summed E-state index contributed by atoms with van der Waals surface area (Å²) in [7, 11) is -3.97. The number of carboxylic acids is 1. The van der Waals surface area contributed by atoms with Crippen molar-refractivity contribution in [1.82, 2.24) is 9.71 Å². The Kier molecular flexibility index (Phi) is 5.26. The summed E-state index contributed by atoms with van der Waals surface area (Å²) in [5.74, 6) is -1.30. The molecular weight excluding hydrogens is 448 g/mol. The molecule has 0 spiro atoms. The van der Waals surface area contributed by atoms with Gasteiger partial charge in [0.05, 0.1) is 9.04 Å². The number of carboxylic acid groups (broad SMARTS) is 1. The van der Waals surface area contributed by atoms with Crippen LogP contribution in [0.15, 0.2) is 50.6 Å². The number of rotatable bonds is 6. The first kappa shape index (κ1) is 18.5. The molecular formula is C15H13BrN2O4S3. The maximum Gasteiger partial charge on any atom is 0.323 e. The van der Waals surface area contributed by atoms with E-state index < -0.39 is 27.3 Å². The molecule has 0 saturated heterocycles. The fraction of sp³-hybridized carbons (Fsp3) is 0.133. The van der Waals surface area contributed by atoms with Crippen LogP contribution >= 0.6 is 39.9 Å². The Balaban J connectivity index is 1.95. The fourth-order valence-corrected chi connectivity index (χ4v) is 6.18. The third-order valence-electron chi connectivity index (χ3n) is 3.62. The van der Waals surface area contributed by atoms with Gasteiger partial charge < -0.3 is 10.1 Å². The number of sulfonamides is 1. The Morgan fingerprint density at radius 2 is 2.00 bits per heavy atom. The van der Waals surface area contributed by atoms with Crippen molar-refractivity contribution in [3.63, 3.8) is 0 Å². The molecule has 2 atom stereocenters. The van der Waals surface area contributed by atoms with E-state index in [4.69, 9.17) is 0 Å². The summed E-state index contributed by atoms with van der Waals surface area (Å²) in [4.78, 5) is 14.7. The third kappa shape index (κ3) is 3.77. The molecule has 10 heteroatoms. The van der Waals surface area contributed by atoms with Crippen molar-refractivity contribution in [1.29, 1.82) is 0 Å². The van der Waals surface area contributed by atoms with E-state index in [-0.39, 0.29) is 4.21 Å². The number of fused-ring (bicyclic) bond motifs is 1. The normalized spacial score (nSPS) is 14.5. The summed E-state index contributed by atoms with van der Waals surface area (Å²) < 4.78 is 27.9. The maximum absolute atomic E-state index is 12.5. The summed E-state index contributed by atoms with van der Waals surface area (Å²) in [6, 6.07) is 8.93. The number of H-pyrrole nitrogens is 1. The average molecular weight is 461 g/mol. The number of hydrogen-bond donors (Lipinski definition) is 4. The number of benzene rings is 1. The van der Waals surface area contributed by atoms with Gasteiger partial charge in [0.1, 0.15) is 10.3 Å². The molecule has 0 fully saturated rings. The predicted octanol–water partition coefficient (Wildman–Crippen LogP) is 3.39. The molecule has 0 aliphatic carbocycles. The highest BCUT2D eigenvalue weighted by molar-refractivity contribution is 9.11. The van der Waals surface area contributed by atoms with Crippen molar-refractivity contribution in [3.05, 3.63) is 51.9 Å². The van der Waals surface area contributed by atoms with Crippen LogP contribution in [0.3, 0.4) is 0 Å². The van der Waals surface area contributed by atoms with Crippen molar-refractivity contribution in [2.75, 3.05) is 0 Å². The Labute approximate surface area is 161 Å². The first-order chi connectivity index (χ1) is 11.8. The summed E-state index contributed by atoms with van der Waals surface area (Å²) in [6.45, 7) is 0. The van der Waals surface area contributed by atoms with E-state index in [1.807, 2.05) is 24.3 Å². The first-order valence-corrected chi connectivity index (χ1v) is 10.6. The number of nitrogens with one attached hydrogen (secondary N) is 2. The molecule has 3 aromatic rings. The van der Waals surface area contributed by atoms with Crippen LogP contribution in [0.4, 0.5) is 0 Å². The smallest absolute Gasteiger partial charge is 0.323 e. The highest BCUT2D eigenvalue weighted by Crippen LogP contribution is 2.32. The number of aliphatic carboxylic acids is 1. The second-order valence-electron chi connectivity index (χ2n) is 5.23. The van der Waals surface area contributed by atoms with Gasteiger partial charge in [0.25, 0.3) is 10.0 Å². The molecule has 0 amide bonds. The van der Waals surface area contributed by atoms with Crippen LogP contribution in [-0.2, 0) is 14.8 Å². The standard InChI is InChI=1S/C15H13BrN2O4S3/c16-11-5-6-12(24-11)25(21,22)18-13(15(19)20)14(23)9-7-17-10-4-2-1-3-8(9)10/h1-7,13-14,17-18,23H,(H,19,20)/t13-,14+/m1/s1. The lowest BCUT2D eigenvalue weighted by Gasteiger charge is -2.20. The summed E-state index contributed by atoms with van der Waals surface area (Å²) in [6.07, 6.45) is 1.65. The molecule has 3 rings (SSSR count). The molecule has 0 bridgehead atoms. The zero-order valence-electron chi connectivity index (χ0n) is 12.5. The second kappa shape index (κ2) is 7.12. The predicted molar refractivity (Wildman–Crippen MR) is 104 cm³/mol. The van der Waals surface area contributed by atoms with E-state index in [0.29, 0.717) is 9.35 Å². The molecule has 1 aromatic carbocycles. The monoisotopic (exact) mass is 460 g/mol. The molecule has 0 unspecified atom stereocenters. The Hall–Kier alpha value is -1.33. The molecule has 6 nitrogen and oxygen atoms in total. The van der Waals surface area contributed by atoms with E-state index in [2.05, 4.69) is 38.3 Å². The van der Waals surface area contributed by atoms with Gasteiger partial charge in [-0.2, -0.15) is 17.4 Å². The van der Waals surface area contributed by atoms with Gasteiger partial charge in [-0.25, -0.2) is 8.42 Å². The fourth-order valence-electron chi connectivity index (χ4n) is 2.44. The van der Waals surface area contributed by atoms with Gasteiger partial charge in [-0.1, -0.05) is 18.2 Å². The van der Waals surface area contributed by atoms with Gasteiger partial charge in [0, 0.05) is 17.1 Å². The van der Waals surface area contributed by atoms with Crippen LogP contribution in [0.5, 0.6) is 0 Å². The lowest BCUT2D eigenvalue weighted by Crippen LogP contribution is -2.43. The lowest BCUT2D eigenvalue weighted by atomic mass is 10.1. The van der Waals surface area contributed by atoms with Crippen molar-refractivity contribution >= 4 is 66.8 Å². The topological polar surface area (TPSA) is 99.3 Å². The molecule has 2 heterocycles. The zero-order valence-corrected chi connectivity index (χ0v) is 16.6. The van der Waals surface area contributed by atoms with Gasteiger partial charge in [-0.05, 0) is 39.7 Å². The number of para-hydroxylation sites is 1. The van der Waals surface area contributed by atoms with Crippen LogP contribution in [-0.4, -0.2) is 30.5 Å². The lowest BCUT2D eigenvalue weighted by molar-refractivity contribution is -0.138. The number of thiophene rings is 1. The van der Waals surface area contributed by atoms with E-state index >= 15 is 0 Å². The van der Waals surface area contributed by atoms with E-state index in [1.54, 1.807) is 12.3 Å². The minimum absolute atomic E-state index is 0.0325. The summed E-state index contributed by atoms with van der Waals surface area (Å²) in [5, 5.41) is 9.47. The van der Waals surface area contributed by atoms with Gasteiger partial charge in [0.2, 0.25) is 0 Å². The second-order valence-corrected chi connectivity index (χ2v) is 10.2. The summed E-state index contributed by atoms with van der Waals surface area (Å²) >= 11 is 8.59. The minimum atomic E-state index is -3.97. The number of carbonyl (C=O) groups is 1. The van der Waals surface area contributed by atoms with Crippen molar-refractivity contribution in [3.8, 4) is 0 Å². The van der Waals surface area contributed by atoms with Crippen molar-refractivity contribution in [2.24, 2.45) is 0 Å². The molecule has 0 radical (unpaired) electrons. The average Bonchev–Trinajstić information content (AvgIpc) is 3.18. The van der Waals surface area contributed by atoms with Crippen molar-refractivity contribution in [2.45, 2.75) is 15.5 Å². The maximum atomic E-state index is 12.5. The number of thiol groups is 1. The Morgan fingerprint density at radius 3 is 2.64 bits per heavy atom. The van der Waals surface area contributed by atoms with Crippen LogP contribution in [0.1, 0.15) is 10.8 Å². The zero-order chi connectivity index (χ0) is 18.2. The van der Waals surface area contributed by atoms with Gasteiger partial charge in [-0.15, -0.1) is 11.3 Å². The van der Waals surface area contributed by atoms with Crippen LogP contribution in [0.2, 0.25) is 0 Å². The van der Waals surface area contributed by atoms with Gasteiger partial charge in [0.15, 0.2) is 0 Å². The quantitative estimate of drug-likeness (QED) is 0.423. The molecule has 0 aliphatic rings. The number of halogens is 1. The third-order valence-corrected chi connectivity index (χ3v) is 7.75. The largest absolute Gasteiger partial charge is 0.480 e. The first-order valence-electron chi connectivity index (χ1n) is 7.04. The number of aromatic nitrogens is 1. The number of hydrogen-bond acceptors (Lipinski definition) is 5. The number of aromatic amines is 1. The van der Waals surface area contributed by atoms with E-state index in [1.165, 1.54) is 6.07 Å². The van der Waals surface area contributed by atoms with Crippen LogP contribution in [0, 0.1) is 0 Å². The van der Waals surface area contributed by atoms with Gasteiger partial charge >= 0.3 is 5.97 Å². The molecule has 25 heavy (non-hydrogen) atoms. The Morgan fingerprint density at radius 1 is 1.28 bits per heavy atom. The highest BCUT2D eigenvalue weighted by Gasteiger charge is 2.33. The molecule has 3 N–H and O–H groups in total. The van der Waals surface area contributed by atoms with Gasteiger partial charge in [-0.3, -0.25) is 4.79 Å². The van der Waals surface area contributed by atoms with E-state index in [9.17, 15) is 18.3 Å².